The molecule has 27 heavy (non-hydrogen) atoms. The lowest BCUT2D eigenvalue weighted by Crippen LogP contribution is -3.19. The molecule has 0 aliphatic carbocycles. The highest BCUT2D eigenvalue weighted by Gasteiger charge is 2.38. The lowest BCUT2D eigenvalue weighted by molar-refractivity contribution is -0.915. The van der Waals surface area contributed by atoms with Crippen molar-refractivity contribution >= 4 is 21.4 Å². The molecule has 2 fully saturated rings. The van der Waals surface area contributed by atoms with E-state index in [4.69, 9.17) is 0 Å². The van der Waals surface area contributed by atoms with Crippen LogP contribution < -0.4 is 9.80 Å². The number of carbonyl (C=O) groups excluding carboxylic acids is 1. The molecule has 2 atom stereocenters. The third kappa shape index (κ3) is 4.38. The number of phenolic OH excluding ortho intramolecular Hbond substituents is 1. The van der Waals surface area contributed by atoms with Gasteiger partial charge in [0.25, 0.3) is 5.91 Å². The van der Waals surface area contributed by atoms with E-state index in [1.54, 1.807) is 11.0 Å². The zero-order valence-corrected chi connectivity index (χ0v) is 16.9. The Balaban J connectivity index is 1.60. The molecule has 1 aromatic rings. The van der Waals surface area contributed by atoms with Gasteiger partial charge >= 0.3 is 0 Å². The number of carbonyl (C=O) groups is 1. The monoisotopic (exact) mass is 396 g/mol. The van der Waals surface area contributed by atoms with Crippen LogP contribution in [-0.4, -0.2) is 80.6 Å². The number of aromatic hydroxyl groups is 1. The van der Waals surface area contributed by atoms with Crippen LogP contribution in [0.5, 0.6) is 5.75 Å². The Kier molecular flexibility index (Phi) is 5.95. The highest BCUT2D eigenvalue weighted by molar-refractivity contribution is 7.91. The van der Waals surface area contributed by atoms with Gasteiger partial charge in [-0.2, -0.15) is 0 Å². The minimum atomic E-state index is -3.01. The molecule has 2 aliphatic heterocycles. The number of quaternary nitrogens is 1. The number of hydrogen-bond acceptors (Lipinski definition) is 5. The predicted octanol–water partition coefficient (Wildman–Crippen LogP) is -0.479. The smallest absolute Gasteiger partial charge is 0.280 e. The highest BCUT2D eigenvalue weighted by Crippen LogP contribution is 2.26. The number of likely N-dealkylation sites (N-methyl/N-ethyl adjacent to an activating group) is 1. The van der Waals surface area contributed by atoms with E-state index in [0.717, 1.165) is 31.9 Å². The maximum Gasteiger partial charge on any atom is 0.280 e. The van der Waals surface area contributed by atoms with Gasteiger partial charge in [0, 0.05) is 12.6 Å². The minimum absolute atomic E-state index is 0.0469. The van der Waals surface area contributed by atoms with E-state index in [9.17, 15) is 18.3 Å². The van der Waals surface area contributed by atoms with Crippen molar-refractivity contribution in [3.8, 4) is 5.75 Å². The fourth-order valence-electron chi connectivity index (χ4n) is 4.24. The third-order valence-electron chi connectivity index (χ3n) is 5.88. The molecule has 2 heterocycles. The van der Waals surface area contributed by atoms with Gasteiger partial charge in [-0.1, -0.05) is 12.1 Å². The van der Waals surface area contributed by atoms with E-state index in [0.29, 0.717) is 13.0 Å². The second kappa shape index (κ2) is 8.06. The number of sulfone groups is 1. The quantitative estimate of drug-likeness (QED) is 0.703. The number of benzene rings is 1. The first-order valence-electron chi connectivity index (χ1n) is 9.71. The van der Waals surface area contributed by atoms with Crippen LogP contribution in [0.15, 0.2) is 24.3 Å². The molecule has 7 nitrogen and oxygen atoms in total. The molecule has 8 heteroatoms. The van der Waals surface area contributed by atoms with Crippen LogP contribution in [0.2, 0.25) is 0 Å². The normalized spacial score (nSPS) is 23.9. The van der Waals surface area contributed by atoms with Gasteiger partial charge in [0.05, 0.1) is 43.4 Å². The van der Waals surface area contributed by atoms with E-state index >= 15 is 0 Å². The lowest BCUT2D eigenvalue weighted by Gasteiger charge is -2.38. The maximum absolute atomic E-state index is 13.0. The second-order valence-corrected chi connectivity index (χ2v) is 9.77. The van der Waals surface area contributed by atoms with E-state index in [-0.39, 0.29) is 35.2 Å². The van der Waals surface area contributed by atoms with Gasteiger partial charge in [0.15, 0.2) is 15.9 Å². The zero-order valence-electron chi connectivity index (χ0n) is 16.1. The Morgan fingerprint density at radius 3 is 2.56 bits per heavy atom. The fraction of sp³-hybridized carbons (Fsp3) is 0.632. The molecule has 150 valence electrons. The van der Waals surface area contributed by atoms with Crippen LogP contribution >= 0.6 is 0 Å². The topological polar surface area (TPSA) is 82.4 Å². The van der Waals surface area contributed by atoms with Gasteiger partial charge < -0.3 is 19.8 Å². The first kappa shape index (κ1) is 19.9. The van der Waals surface area contributed by atoms with Crippen LogP contribution in [0.4, 0.5) is 5.69 Å². The summed E-state index contributed by atoms with van der Waals surface area (Å²) >= 11 is 0. The number of rotatable bonds is 5. The number of nitrogens with one attached hydrogen (secondary N) is 1. The van der Waals surface area contributed by atoms with E-state index < -0.39 is 9.84 Å². The molecule has 0 unspecified atom stereocenters. The second-order valence-electron chi connectivity index (χ2n) is 7.54. The van der Waals surface area contributed by atoms with Gasteiger partial charge in [0.1, 0.15) is 5.75 Å². The first-order valence-corrected chi connectivity index (χ1v) is 11.5. The molecule has 0 aromatic heterocycles. The number of para-hydroxylation sites is 2. The Labute approximate surface area is 161 Å². The molecular weight excluding hydrogens is 366 g/mol. The number of anilines is 1. The molecule has 0 saturated carbocycles. The van der Waals surface area contributed by atoms with Crippen molar-refractivity contribution in [2.45, 2.75) is 32.4 Å². The summed E-state index contributed by atoms with van der Waals surface area (Å²) in [6.45, 7) is 7.56. The standard InChI is InChI=1S/C19H29N3O4S/c1-3-22(16-8-13-27(25,26)14-16)19(24)15(2)20-9-11-21(12-10-20)17-6-4-5-7-18(17)23/h4-7,15-16,23H,3,8-14H2,1-2H3/p+1/t15-,16-/m1/s1. The summed E-state index contributed by atoms with van der Waals surface area (Å²) in [7, 11) is -3.01. The van der Waals surface area contributed by atoms with Crippen molar-refractivity contribution in [1.82, 2.24) is 4.90 Å². The molecule has 1 aromatic carbocycles. The van der Waals surface area contributed by atoms with Gasteiger partial charge in [-0.25, -0.2) is 8.42 Å². The zero-order chi connectivity index (χ0) is 19.6. The van der Waals surface area contributed by atoms with Crippen molar-refractivity contribution in [2.75, 3.05) is 49.1 Å². The van der Waals surface area contributed by atoms with Crippen LogP contribution in [0, 0.1) is 0 Å². The summed E-state index contributed by atoms with van der Waals surface area (Å²) in [5.74, 6) is 0.604. The number of hydrogen-bond donors (Lipinski definition) is 2. The van der Waals surface area contributed by atoms with Crippen molar-refractivity contribution in [1.29, 1.82) is 0 Å². The predicted molar refractivity (Wildman–Crippen MR) is 105 cm³/mol. The summed E-state index contributed by atoms with van der Waals surface area (Å²) in [5.41, 5.74) is 0.835. The SMILES string of the molecule is CCN(C(=O)[C@@H](C)[NH+]1CCN(c2ccccc2O)CC1)[C@@H]1CCS(=O)(=O)C1. The van der Waals surface area contributed by atoms with E-state index in [1.807, 2.05) is 32.0 Å². The highest BCUT2D eigenvalue weighted by atomic mass is 32.2. The number of piperazine rings is 1. The summed E-state index contributed by atoms with van der Waals surface area (Å²) in [6.07, 6.45) is 0.547. The lowest BCUT2D eigenvalue weighted by atomic mass is 10.1. The summed E-state index contributed by atoms with van der Waals surface area (Å²) in [4.78, 5) is 18.2. The number of amides is 1. The molecule has 2 N–H and O–H groups in total. The summed E-state index contributed by atoms with van der Waals surface area (Å²) < 4.78 is 23.6. The van der Waals surface area contributed by atoms with Crippen LogP contribution in [0.3, 0.4) is 0 Å². The fourth-order valence-corrected chi connectivity index (χ4v) is 5.97. The average molecular weight is 397 g/mol. The molecular formula is C19H30N3O4S+. The minimum Gasteiger partial charge on any atom is -0.506 e. The van der Waals surface area contributed by atoms with Crippen LogP contribution in [0.25, 0.3) is 0 Å². The molecule has 0 spiro atoms. The van der Waals surface area contributed by atoms with Gasteiger partial charge in [-0.3, -0.25) is 4.79 Å². The maximum atomic E-state index is 13.0. The van der Waals surface area contributed by atoms with Crippen molar-refractivity contribution in [3.05, 3.63) is 24.3 Å². The Morgan fingerprint density at radius 2 is 2.00 bits per heavy atom. The largest absolute Gasteiger partial charge is 0.506 e. The Bertz CT molecular complexity index is 775. The van der Waals surface area contributed by atoms with E-state index in [1.165, 1.54) is 4.90 Å². The van der Waals surface area contributed by atoms with Crippen LogP contribution in [0.1, 0.15) is 20.3 Å². The Morgan fingerprint density at radius 1 is 1.33 bits per heavy atom. The van der Waals surface area contributed by atoms with E-state index in [2.05, 4.69) is 4.90 Å². The van der Waals surface area contributed by atoms with Gasteiger partial charge in [0.2, 0.25) is 0 Å². The molecule has 3 rings (SSSR count). The average Bonchev–Trinajstić information content (AvgIpc) is 3.01. The van der Waals surface area contributed by atoms with Crippen LogP contribution in [-0.2, 0) is 14.6 Å². The molecule has 1 amide bonds. The first-order chi connectivity index (χ1) is 12.8. The molecule has 0 bridgehead atoms. The number of phenols is 1. The summed E-state index contributed by atoms with van der Waals surface area (Å²) in [6, 6.07) is 6.94. The van der Waals surface area contributed by atoms with Gasteiger partial charge in [-0.15, -0.1) is 0 Å². The van der Waals surface area contributed by atoms with Gasteiger partial charge in [-0.05, 0) is 32.4 Å². The summed E-state index contributed by atoms with van der Waals surface area (Å²) in [5, 5.41) is 10.0. The van der Waals surface area contributed by atoms with Crippen molar-refractivity contribution in [2.24, 2.45) is 0 Å². The van der Waals surface area contributed by atoms with Crippen molar-refractivity contribution < 1.29 is 23.2 Å². The molecule has 2 saturated heterocycles. The Hall–Kier alpha value is -1.80. The number of nitrogens with zero attached hydrogens (tertiary/aromatic N) is 2. The molecule has 0 radical (unpaired) electrons. The van der Waals surface area contributed by atoms with Crippen molar-refractivity contribution in [3.63, 3.8) is 0 Å². The molecule has 2 aliphatic rings. The third-order valence-corrected chi connectivity index (χ3v) is 7.63.